The summed E-state index contributed by atoms with van der Waals surface area (Å²) in [5, 5.41) is 5.10. The molecule has 0 spiro atoms. The lowest BCUT2D eigenvalue weighted by atomic mass is 10.0. The van der Waals surface area contributed by atoms with Crippen molar-refractivity contribution in [2.24, 2.45) is 5.14 Å². The normalized spacial score (nSPS) is 19.5. The van der Waals surface area contributed by atoms with Crippen molar-refractivity contribution in [1.82, 2.24) is 14.1 Å². The number of carbonyl (C=O) groups excluding carboxylic acids is 1. The van der Waals surface area contributed by atoms with E-state index >= 15 is 0 Å². The maximum Gasteiger partial charge on any atom is 0.244 e. The molecule has 178 valence electrons. The van der Waals surface area contributed by atoms with E-state index in [9.17, 15) is 21.6 Å². The molecular formula is C22H28N4O5S2. The quantitative estimate of drug-likeness (QED) is 0.642. The zero-order valence-corrected chi connectivity index (χ0v) is 19.8. The van der Waals surface area contributed by atoms with Crippen LogP contribution in [0.15, 0.2) is 64.4 Å². The second kappa shape index (κ2) is 9.51. The molecule has 2 N–H and O–H groups in total. The summed E-state index contributed by atoms with van der Waals surface area (Å²) in [6, 6.07) is 14.1. The standard InChI is InChI=1S/C22H28N4O5S2/c23-32(28,29)19-8-10-20(11-9-19)33(30,31)26-16-14-24(15-17-26)21(18-6-2-1-3-7-18)22(27)25-12-4-5-13-25/h1-3,6-11,21H,4-5,12-17H2,(H2,23,28,29)/t21-/m0/s1. The van der Waals surface area contributed by atoms with Crippen LogP contribution in [-0.2, 0) is 24.8 Å². The maximum atomic E-state index is 13.4. The predicted molar refractivity (Wildman–Crippen MR) is 123 cm³/mol. The minimum absolute atomic E-state index is 0.0103. The lowest BCUT2D eigenvalue weighted by Crippen LogP contribution is -2.52. The van der Waals surface area contributed by atoms with Gasteiger partial charge < -0.3 is 4.90 Å². The molecule has 0 bridgehead atoms. The fourth-order valence-electron chi connectivity index (χ4n) is 4.41. The SMILES string of the molecule is NS(=O)(=O)c1ccc(S(=O)(=O)N2CCN([C@H](C(=O)N3CCCC3)c3ccccc3)CC2)cc1. The van der Waals surface area contributed by atoms with Gasteiger partial charge in [0.2, 0.25) is 26.0 Å². The molecule has 0 aromatic heterocycles. The van der Waals surface area contributed by atoms with E-state index in [4.69, 9.17) is 5.14 Å². The molecular weight excluding hydrogens is 464 g/mol. The third-order valence-electron chi connectivity index (χ3n) is 6.20. The van der Waals surface area contributed by atoms with Crippen molar-refractivity contribution in [2.75, 3.05) is 39.3 Å². The molecule has 2 aliphatic rings. The van der Waals surface area contributed by atoms with Gasteiger partial charge in [-0.2, -0.15) is 4.31 Å². The highest BCUT2D eigenvalue weighted by atomic mass is 32.2. The summed E-state index contributed by atoms with van der Waals surface area (Å²) < 4.78 is 50.4. The van der Waals surface area contributed by atoms with E-state index in [1.807, 2.05) is 40.1 Å². The van der Waals surface area contributed by atoms with Gasteiger partial charge in [-0.05, 0) is 42.7 Å². The van der Waals surface area contributed by atoms with E-state index in [0.29, 0.717) is 13.1 Å². The van der Waals surface area contributed by atoms with Gasteiger partial charge in [0.1, 0.15) is 6.04 Å². The summed E-state index contributed by atoms with van der Waals surface area (Å²) in [5.74, 6) is 0.0635. The van der Waals surface area contributed by atoms with Crippen molar-refractivity contribution in [1.29, 1.82) is 0 Å². The second-order valence-electron chi connectivity index (χ2n) is 8.30. The van der Waals surface area contributed by atoms with Crippen LogP contribution in [0.4, 0.5) is 0 Å². The summed E-state index contributed by atoms with van der Waals surface area (Å²) in [4.78, 5) is 17.2. The number of likely N-dealkylation sites (tertiary alicyclic amines) is 1. The monoisotopic (exact) mass is 492 g/mol. The largest absolute Gasteiger partial charge is 0.341 e. The molecule has 0 radical (unpaired) electrons. The van der Waals surface area contributed by atoms with Gasteiger partial charge in [0.05, 0.1) is 9.79 Å². The molecule has 2 aromatic rings. The molecule has 1 amide bonds. The number of carbonyl (C=O) groups is 1. The Kier molecular flexibility index (Phi) is 6.87. The number of nitrogens with two attached hydrogens (primary N) is 1. The van der Waals surface area contributed by atoms with Gasteiger partial charge in [-0.1, -0.05) is 30.3 Å². The molecule has 0 unspecified atom stereocenters. The number of benzene rings is 2. The minimum Gasteiger partial charge on any atom is -0.341 e. The van der Waals surface area contributed by atoms with Crippen LogP contribution in [0.3, 0.4) is 0 Å². The van der Waals surface area contributed by atoms with Crippen LogP contribution >= 0.6 is 0 Å². The number of sulfonamides is 2. The number of hydrogen-bond acceptors (Lipinski definition) is 6. The smallest absolute Gasteiger partial charge is 0.244 e. The van der Waals surface area contributed by atoms with Gasteiger partial charge in [0, 0.05) is 39.3 Å². The van der Waals surface area contributed by atoms with Crippen molar-refractivity contribution in [3.63, 3.8) is 0 Å². The van der Waals surface area contributed by atoms with Crippen LogP contribution in [0.5, 0.6) is 0 Å². The van der Waals surface area contributed by atoms with Crippen LogP contribution in [0, 0.1) is 0 Å². The molecule has 1 atom stereocenters. The van der Waals surface area contributed by atoms with Crippen LogP contribution < -0.4 is 5.14 Å². The van der Waals surface area contributed by atoms with Gasteiger partial charge in [-0.25, -0.2) is 22.0 Å². The first-order chi connectivity index (χ1) is 15.7. The lowest BCUT2D eigenvalue weighted by Gasteiger charge is -2.39. The lowest BCUT2D eigenvalue weighted by molar-refractivity contribution is -0.136. The second-order valence-corrected chi connectivity index (χ2v) is 11.8. The third kappa shape index (κ3) is 5.12. The molecule has 0 saturated carbocycles. The average Bonchev–Trinajstić information content (AvgIpc) is 3.35. The first-order valence-electron chi connectivity index (χ1n) is 10.9. The van der Waals surface area contributed by atoms with E-state index in [0.717, 1.165) is 31.5 Å². The Hall–Kier alpha value is -2.31. The number of amides is 1. The van der Waals surface area contributed by atoms with Crippen LogP contribution in [-0.4, -0.2) is 76.1 Å². The topological polar surface area (TPSA) is 121 Å². The average molecular weight is 493 g/mol. The molecule has 2 aromatic carbocycles. The van der Waals surface area contributed by atoms with E-state index < -0.39 is 26.1 Å². The van der Waals surface area contributed by atoms with E-state index in [1.165, 1.54) is 28.6 Å². The van der Waals surface area contributed by atoms with Crippen molar-refractivity contribution >= 4 is 26.0 Å². The molecule has 0 aliphatic carbocycles. The number of hydrogen-bond donors (Lipinski definition) is 1. The first-order valence-corrected chi connectivity index (χ1v) is 13.9. The number of primary sulfonamides is 1. The molecule has 2 fully saturated rings. The summed E-state index contributed by atoms with van der Waals surface area (Å²) in [6.07, 6.45) is 2.01. The van der Waals surface area contributed by atoms with E-state index in [-0.39, 0.29) is 28.8 Å². The van der Waals surface area contributed by atoms with Crippen LogP contribution in [0.2, 0.25) is 0 Å². The molecule has 33 heavy (non-hydrogen) atoms. The summed E-state index contributed by atoms with van der Waals surface area (Å²) in [7, 11) is -7.70. The van der Waals surface area contributed by atoms with Gasteiger partial charge in [0.15, 0.2) is 0 Å². The van der Waals surface area contributed by atoms with Crippen molar-refractivity contribution in [2.45, 2.75) is 28.7 Å². The fraction of sp³-hybridized carbons (Fsp3) is 0.409. The van der Waals surface area contributed by atoms with Gasteiger partial charge >= 0.3 is 0 Å². The van der Waals surface area contributed by atoms with E-state index in [2.05, 4.69) is 0 Å². The van der Waals surface area contributed by atoms with Crippen LogP contribution in [0.1, 0.15) is 24.4 Å². The van der Waals surface area contributed by atoms with Crippen molar-refractivity contribution in [3.8, 4) is 0 Å². The highest BCUT2D eigenvalue weighted by Crippen LogP contribution is 2.28. The molecule has 11 heteroatoms. The van der Waals surface area contributed by atoms with Crippen LogP contribution in [0.25, 0.3) is 0 Å². The zero-order chi connectivity index (χ0) is 23.6. The van der Waals surface area contributed by atoms with Gasteiger partial charge in [-0.3, -0.25) is 9.69 Å². The molecule has 2 saturated heterocycles. The number of piperazine rings is 1. The number of nitrogens with zero attached hydrogens (tertiary/aromatic N) is 3. The zero-order valence-electron chi connectivity index (χ0n) is 18.2. The molecule has 4 rings (SSSR count). The highest BCUT2D eigenvalue weighted by molar-refractivity contribution is 7.89. The summed E-state index contributed by atoms with van der Waals surface area (Å²) in [6.45, 7) is 2.79. The molecule has 2 heterocycles. The minimum atomic E-state index is -3.90. The maximum absolute atomic E-state index is 13.4. The Balaban J connectivity index is 1.50. The van der Waals surface area contributed by atoms with Gasteiger partial charge in [0.25, 0.3) is 0 Å². The molecule has 2 aliphatic heterocycles. The summed E-state index contributed by atoms with van der Waals surface area (Å²) in [5.41, 5.74) is 0.907. The Morgan fingerprint density at radius 3 is 1.85 bits per heavy atom. The van der Waals surface area contributed by atoms with Crippen molar-refractivity contribution in [3.05, 3.63) is 60.2 Å². The van der Waals surface area contributed by atoms with Crippen molar-refractivity contribution < 1.29 is 21.6 Å². The van der Waals surface area contributed by atoms with E-state index in [1.54, 1.807) is 0 Å². The Morgan fingerprint density at radius 1 is 0.758 bits per heavy atom. The Morgan fingerprint density at radius 2 is 1.30 bits per heavy atom. The first kappa shape index (κ1) is 23.8. The Labute approximate surface area is 194 Å². The predicted octanol–water partition coefficient (Wildman–Crippen LogP) is 1.00. The summed E-state index contributed by atoms with van der Waals surface area (Å²) >= 11 is 0. The Bertz CT molecular complexity index is 1190. The third-order valence-corrected chi connectivity index (χ3v) is 9.04. The fourth-order valence-corrected chi connectivity index (χ4v) is 6.35. The molecule has 9 nitrogen and oxygen atoms in total. The highest BCUT2D eigenvalue weighted by Gasteiger charge is 2.36. The van der Waals surface area contributed by atoms with Gasteiger partial charge in [-0.15, -0.1) is 0 Å². The number of rotatable bonds is 6.